The molecule has 0 aliphatic carbocycles. The van der Waals surface area contributed by atoms with Gasteiger partial charge in [-0.2, -0.15) is 18.3 Å². The van der Waals surface area contributed by atoms with E-state index in [9.17, 15) is 18.0 Å². The molecule has 0 radical (unpaired) electrons. The van der Waals surface area contributed by atoms with Crippen LogP contribution < -0.4 is 5.32 Å². The van der Waals surface area contributed by atoms with Gasteiger partial charge in [0.25, 0.3) is 0 Å². The summed E-state index contributed by atoms with van der Waals surface area (Å²) >= 11 is 0. The first-order valence-electron chi connectivity index (χ1n) is 8.91. The number of halogens is 3. The van der Waals surface area contributed by atoms with E-state index in [0.717, 1.165) is 17.7 Å². The summed E-state index contributed by atoms with van der Waals surface area (Å²) in [5.74, 6) is -0.430. The van der Waals surface area contributed by atoms with Gasteiger partial charge >= 0.3 is 6.18 Å². The van der Waals surface area contributed by atoms with Crippen LogP contribution >= 0.6 is 0 Å². The summed E-state index contributed by atoms with van der Waals surface area (Å²) in [5.41, 5.74) is 1.22. The van der Waals surface area contributed by atoms with Crippen LogP contribution in [0.5, 0.6) is 0 Å². The van der Waals surface area contributed by atoms with E-state index in [4.69, 9.17) is 0 Å². The van der Waals surface area contributed by atoms with Crippen molar-refractivity contribution < 1.29 is 18.0 Å². The number of nitrogens with zero attached hydrogens (tertiary/aromatic N) is 2. The molecule has 1 unspecified atom stereocenters. The Morgan fingerprint density at radius 1 is 1.14 bits per heavy atom. The molecule has 0 spiro atoms. The average Bonchev–Trinajstić information content (AvgIpc) is 3.09. The van der Waals surface area contributed by atoms with Crippen molar-refractivity contribution >= 4 is 11.6 Å². The number of alkyl halides is 3. The Labute approximate surface area is 161 Å². The Morgan fingerprint density at radius 3 is 2.57 bits per heavy atom. The van der Waals surface area contributed by atoms with Gasteiger partial charge in [0.15, 0.2) is 0 Å². The summed E-state index contributed by atoms with van der Waals surface area (Å²) in [5, 5.41) is 6.97. The number of amides is 1. The Bertz CT molecular complexity index is 935. The molecule has 3 rings (SSSR count). The predicted molar refractivity (Wildman–Crippen MR) is 101 cm³/mol. The van der Waals surface area contributed by atoms with Gasteiger partial charge in [-0.1, -0.05) is 49.4 Å². The van der Waals surface area contributed by atoms with Crippen molar-refractivity contribution in [3.63, 3.8) is 0 Å². The van der Waals surface area contributed by atoms with Crippen LogP contribution in [0.25, 0.3) is 0 Å². The molecule has 1 atom stereocenters. The van der Waals surface area contributed by atoms with Crippen LogP contribution in [0.3, 0.4) is 0 Å². The minimum atomic E-state index is -4.38. The number of benzene rings is 2. The molecule has 0 fully saturated rings. The highest BCUT2D eigenvalue weighted by Crippen LogP contribution is 2.29. The van der Waals surface area contributed by atoms with Crippen LogP contribution in [-0.2, 0) is 17.5 Å². The van der Waals surface area contributed by atoms with Crippen LogP contribution in [0.15, 0.2) is 67.0 Å². The second kappa shape index (κ2) is 8.29. The van der Waals surface area contributed by atoms with Crippen molar-refractivity contribution in [2.24, 2.45) is 0 Å². The summed E-state index contributed by atoms with van der Waals surface area (Å²) in [6.45, 7) is 2.12. The summed E-state index contributed by atoms with van der Waals surface area (Å²) in [6, 6.07) is 14.6. The number of carbonyl (C=O) groups is 1. The second-order valence-electron chi connectivity index (χ2n) is 6.49. The molecular formula is C21H20F3N3O. The van der Waals surface area contributed by atoms with Crippen LogP contribution in [0.4, 0.5) is 18.9 Å². The van der Waals surface area contributed by atoms with Gasteiger partial charge in [0.1, 0.15) is 0 Å². The minimum absolute atomic E-state index is 0.146. The first-order chi connectivity index (χ1) is 13.4. The maximum Gasteiger partial charge on any atom is 0.416 e. The summed E-state index contributed by atoms with van der Waals surface area (Å²) in [4.78, 5) is 12.6. The highest BCUT2D eigenvalue weighted by molar-refractivity contribution is 5.95. The first-order valence-corrected chi connectivity index (χ1v) is 8.91. The molecule has 7 heteroatoms. The highest BCUT2D eigenvalue weighted by atomic mass is 19.4. The fourth-order valence-electron chi connectivity index (χ4n) is 3.03. The van der Waals surface area contributed by atoms with E-state index in [-0.39, 0.29) is 18.4 Å². The van der Waals surface area contributed by atoms with Crippen molar-refractivity contribution in [1.82, 2.24) is 9.78 Å². The van der Waals surface area contributed by atoms with E-state index in [2.05, 4.69) is 10.4 Å². The summed E-state index contributed by atoms with van der Waals surface area (Å²) in [7, 11) is 0. The Balaban J connectivity index is 1.68. The summed E-state index contributed by atoms with van der Waals surface area (Å²) in [6.07, 6.45) is -0.640. The number of hydrogen-bond acceptors (Lipinski definition) is 2. The minimum Gasteiger partial charge on any atom is -0.323 e. The van der Waals surface area contributed by atoms with Crippen molar-refractivity contribution in [2.45, 2.75) is 32.0 Å². The van der Waals surface area contributed by atoms with Crippen LogP contribution in [0, 0.1) is 0 Å². The van der Waals surface area contributed by atoms with E-state index in [1.165, 1.54) is 16.9 Å². The fourth-order valence-corrected chi connectivity index (χ4v) is 3.03. The lowest BCUT2D eigenvalue weighted by Crippen LogP contribution is -2.20. The number of nitrogens with one attached hydrogen (secondary N) is 1. The van der Waals surface area contributed by atoms with Gasteiger partial charge in [-0.15, -0.1) is 0 Å². The van der Waals surface area contributed by atoms with Gasteiger partial charge in [-0.25, -0.2) is 0 Å². The zero-order valence-electron chi connectivity index (χ0n) is 15.3. The van der Waals surface area contributed by atoms with Crippen molar-refractivity contribution in [2.75, 3.05) is 5.32 Å². The molecule has 0 aliphatic heterocycles. The van der Waals surface area contributed by atoms with Crippen molar-refractivity contribution in [1.29, 1.82) is 0 Å². The third-order valence-corrected chi connectivity index (χ3v) is 4.43. The van der Waals surface area contributed by atoms with Crippen LogP contribution in [0.1, 0.15) is 36.0 Å². The van der Waals surface area contributed by atoms with Gasteiger partial charge in [-0.05, 0) is 29.7 Å². The third-order valence-electron chi connectivity index (χ3n) is 4.43. The molecule has 2 aromatic carbocycles. The molecule has 1 N–H and O–H groups in total. The molecule has 3 aromatic rings. The number of aromatic nitrogens is 2. The van der Waals surface area contributed by atoms with Crippen molar-refractivity contribution in [3.05, 3.63) is 83.7 Å². The van der Waals surface area contributed by atoms with Gasteiger partial charge < -0.3 is 5.32 Å². The maximum atomic E-state index is 12.8. The number of anilines is 1. The molecule has 1 amide bonds. The van der Waals surface area contributed by atoms with E-state index in [0.29, 0.717) is 17.7 Å². The lowest BCUT2D eigenvalue weighted by molar-refractivity contribution is -0.137. The van der Waals surface area contributed by atoms with Gasteiger partial charge in [0.05, 0.1) is 29.9 Å². The molecule has 1 aromatic heterocycles. The third kappa shape index (κ3) is 4.79. The van der Waals surface area contributed by atoms with Gasteiger partial charge in [0.2, 0.25) is 5.91 Å². The fraction of sp³-hybridized carbons (Fsp3) is 0.238. The molecule has 0 saturated heterocycles. The zero-order chi connectivity index (χ0) is 20.1. The molecule has 4 nitrogen and oxygen atoms in total. The van der Waals surface area contributed by atoms with E-state index >= 15 is 0 Å². The van der Waals surface area contributed by atoms with Crippen LogP contribution in [0.2, 0.25) is 0 Å². The topological polar surface area (TPSA) is 46.9 Å². The normalized spacial score (nSPS) is 12.6. The first kappa shape index (κ1) is 19.7. The standard InChI is InChI=1S/C21H20F3N3O/c1-2-19(16-8-4-3-5-9-16)20(28)26-18-12-25-27(14-18)13-15-7-6-10-17(11-15)21(22,23)24/h3-12,14,19H,2,13H2,1H3,(H,26,28). The number of carbonyl (C=O) groups excluding carboxylic acids is 1. The molecule has 0 bridgehead atoms. The monoisotopic (exact) mass is 387 g/mol. The SMILES string of the molecule is CCC(C(=O)Nc1cnn(Cc2cccc(C(F)(F)F)c2)c1)c1ccccc1. The predicted octanol–water partition coefficient (Wildman–Crippen LogP) is 5.08. The largest absolute Gasteiger partial charge is 0.416 e. The average molecular weight is 387 g/mol. The van der Waals surface area contributed by atoms with Crippen molar-refractivity contribution in [3.8, 4) is 0 Å². The smallest absolute Gasteiger partial charge is 0.323 e. The van der Waals surface area contributed by atoms with Crippen LogP contribution in [-0.4, -0.2) is 15.7 Å². The molecule has 146 valence electrons. The van der Waals surface area contributed by atoms with E-state index in [1.807, 2.05) is 37.3 Å². The molecular weight excluding hydrogens is 367 g/mol. The lowest BCUT2D eigenvalue weighted by atomic mass is 9.96. The summed E-state index contributed by atoms with van der Waals surface area (Å²) < 4.78 is 40.0. The highest BCUT2D eigenvalue weighted by Gasteiger charge is 2.30. The Kier molecular flexibility index (Phi) is 5.82. The molecule has 0 aliphatic rings. The Hall–Kier alpha value is -3.09. The molecule has 0 saturated carbocycles. The number of rotatable bonds is 6. The Morgan fingerprint density at radius 2 is 1.89 bits per heavy atom. The molecule has 1 heterocycles. The maximum absolute atomic E-state index is 12.8. The van der Waals surface area contributed by atoms with E-state index in [1.54, 1.807) is 12.3 Å². The van der Waals surface area contributed by atoms with Gasteiger partial charge in [0, 0.05) is 6.20 Å². The zero-order valence-corrected chi connectivity index (χ0v) is 15.3. The number of hydrogen-bond donors (Lipinski definition) is 1. The lowest BCUT2D eigenvalue weighted by Gasteiger charge is -2.14. The quantitative estimate of drug-likeness (QED) is 0.641. The van der Waals surface area contributed by atoms with E-state index < -0.39 is 11.7 Å². The molecule has 28 heavy (non-hydrogen) atoms. The van der Waals surface area contributed by atoms with Gasteiger partial charge in [-0.3, -0.25) is 9.48 Å². The second-order valence-corrected chi connectivity index (χ2v) is 6.49.